The van der Waals surface area contributed by atoms with Crippen molar-refractivity contribution in [2.45, 2.75) is 37.8 Å². The Morgan fingerprint density at radius 2 is 1.53 bits per heavy atom. The van der Waals surface area contributed by atoms with Crippen molar-refractivity contribution >= 4 is 17.5 Å². The average Bonchev–Trinajstić information content (AvgIpc) is 2.82. The highest BCUT2D eigenvalue weighted by Crippen LogP contribution is 2.20. The number of nitrogens with one attached hydrogen (secondary N) is 2. The molecule has 38 heavy (non-hydrogen) atoms. The van der Waals surface area contributed by atoms with Crippen LogP contribution < -0.4 is 59.3 Å². The van der Waals surface area contributed by atoms with Crippen molar-refractivity contribution in [3.63, 3.8) is 0 Å². The number of hydrogen-bond donors (Lipinski definition) is 4. The number of anilines is 1. The highest BCUT2D eigenvalue weighted by molar-refractivity contribution is 5.97. The van der Waals surface area contributed by atoms with E-state index in [2.05, 4.69) is 36.2 Å². The summed E-state index contributed by atoms with van der Waals surface area (Å²) in [6, 6.07) is 9.44. The molecule has 2 rings (SSSR count). The van der Waals surface area contributed by atoms with Crippen LogP contribution in [0.2, 0.25) is 0 Å². The summed E-state index contributed by atoms with van der Waals surface area (Å²) >= 11 is 0. The van der Waals surface area contributed by atoms with Crippen molar-refractivity contribution in [1.82, 2.24) is 5.32 Å². The molecule has 13 heteroatoms. The van der Waals surface area contributed by atoms with Gasteiger partial charge in [0.05, 0.1) is 26.3 Å². The molecule has 216 valence electrons. The predicted octanol–water partition coefficient (Wildman–Crippen LogP) is -8.12. The van der Waals surface area contributed by atoms with Gasteiger partial charge in [-0.2, -0.15) is 0 Å². The first-order chi connectivity index (χ1) is 16.5. The van der Waals surface area contributed by atoms with Crippen molar-refractivity contribution in [1.29, 1.82) is 0 Å². The molecule has 0 heterocycles. The number of quaternary nitrogens is 3. The van der Waals surface area contributed by atoms with Crippen molar-refractivity contribution < 1.29 is 75.9 Å². The van der Waals surface area contributed by atoms with E-state index in [4.69, 9.17) is 0 Å². The average molecular weight is 603 g/mol. The highest BCUT2D eigenvalue weighted by Gasteiger charge is 2.27. The Hall–Kier alpha value is -2.08. The number of likely N-dealkylation sites (N-methyl/N-ethyl adjacent to an activating group) is 1. The van der Waals surface area contributed by atoms with Crippen LogP contribution in [0.4, 0.5) is 18.9 Å². The number of amides is 2. The first-order valence-corrected chi connectivity index (χ1v) is 11.8. The van der Waals surface area contributed by atoms with E-state index in [9.17, 15) is 22.8 Å². The topological polar surface area (TPSA) is 113 Å². The molecule has 2 aromatic carbocycles. The molecule has 0 unspecified atom stereocenters. The van der Waals surface area contributed by atoms with Gasteiger partial charge in [0.25, 0.3) is 5.91 Å². The zero-order valence-corrected chi connectivity index (χ0v) is 23.9. The van der Waals surface area contributed by atoms with E-state index < -0.39 is 47.0 Å². The fourth-order valence-corrected chi connectivity index (χ4v) is 3.79. The summed E-state index contributed by atoms with van der Waals surface area (Å²) in [6.45, 7) is 2.61. The molecular weight excluding hydrogens is 566 g/mol. The number of carbonyl (C=O) groups excluding carboxylic acids is 2. The molecule has 7 nitrogen and oxygen atoms in total. The smallest absolute Gasteiger partial charge is 0.278 e. The second-order valence-electron chi connectivity index (χ2n) is 9.37. The molecule has 0 spiro atoms. The van der Waals surface area contributed by atoms with Gasteiger partial charge in [0.1, 0.15) is 19.1 Å². The maximum atomic E-state index is 14.1. The summed E-state index contributed by atoms with van der Waals surface area (Å²) in [5.74, 6) is -5.65. The summed E-state index contributed by atoms with van der Waals surface area (Å²) in [6.07, 6.45) is 2.01. The Morgan fingerprint density at radius 3 is 2.13 bits per heavy atom. The summed E-state index contributed by atoms with van der Waals surface area (Å²) < 4.78 is 41.7. The second-order valence-corrected chi connectivity index (χ2v) is 9.37. The molecule has 0 saturated carbocycles. The number of aryl methyl sites for hydroxylation is 1. The lowest BCUT2D eigenvalue weighted by atomic mass is 10.0. The lowest BCUT2D eigenvalue weighted by molar-refractivity contribution is -0.895. The third-order valence-electron chi connectivity index (χ3n) is 5.94. The standard InChI is InChI=1S/C25H34F3N5O2.3ClH/c1-33(2,16-14-29)15-6-9-19(30)24(34)32-21(12-10-17-7-4-3-5-8-17)25(35)31-20-13-11-18(26)22(27)23(20)28;;;/h3-5,7-8,11,13,19,21H,6,9-10,12,14-16,29-30H2,1-2H3,(H-,31,32,34,35);3*1H/t19-,21+;;;/m0.../s1. The number of rotatable bonds is 13. The van der Waals surface area contributed by atoms with E-state index in [-0.39, 0.29) is 43.6 Å². The molecule has 0 aliphatic carbocycles. The molecule has 0 fully saturated rings. The van der Waals surface area contributed by atoms with Crippen LogP contribution in [-0.2, 0) is 16.0 Å². The van der Waals surface area contributed by atoms with Crippen LogP contribution in [0.15, 0.2) is 42.5 Å². The third-order valence-corrected chi connectivity index (χ3v) is 5.94. The summed E-state index contributed by atoms with van der Waals surface area (Å²) in [7, 11) is 4.20. The Kier molecular flexibility index (Phi) is 18.3. The van der Waals surface area contributed by atoms with E-state index >= 15 is 0 Å². The van der Waals surface area contributed by atoms with Crippen LogP contribution in [0.5, 0.6) is 0 Å². The van der Waals surface area contributed by atoms with Gasteiger partial charge in [-0.15, -0.1) is 0 Å². The van der Waals surface area contributed by atoms with Crippen LogP contribution in [0.25, 0.3) is 0 Å². The van der Waals surface area contributed by atoms with Gasteiger partial charge in [0.2, 0.25) is 5.91 Å². The van der Waals surface area contributed by atoms with Crippen molar-refractivity contribution in [2.24, 2.45) is 0 Å². The number of hydrogen-bond acceptors (Lipinski definition) is 2. The molecule has 0 aliphatic rings. The van der Waals surface area contributed by atoms with Gasteiger partial charge in [0, 0.05) is 12.8 Å². The van der Waals surface area contributed by atoms with Crippen LogP contribution in [0, 0.1) is 17.5 Å². The summed E-state index contributed by atoms with van der Waals surface area (Å²) in [5.41, 5.74) is 8.28. The fraction of sp³-hybridized carbons (Fsp3) is 0.440. The number of halogens is 6. The van der Waals surface area contributed by atoms with E-state index in [0.29, 0.717) is 12.8 Å². The number of benzene rings is 2. The Labute approximate surface area is 240 Å². The lowest BCUT2D eigenvalue weighted by Gasteiger charge is -2.28. The Bertz CT molecular complexity index is 1000. The van der Waals surface area contributed by atoms with Crippen molar-refractivity contribution in [3.8, 4) is 0 Å². The fourth-order valence-electron chi connectivity index (χ4n) is 3.79. The van der Waals surface area contributed by atoms with E-state index in [1.807, 2.05) is 30.3 Å². The maximum Gasteiger partial charge on any atom is 0.278 e. The molecule has 0 bridgehead atoms. The van der Waals surface area contributed by atoms with Gasteiger partial charge in [0.15, 0.2) is 23.5 Å². The molecule has 8 N–H and O–H groups in total. The molecule has 2 amide bonds. The van der Waals surface area contributed by atoms with Crippen molar-refractivity contribution in [3.05, 3.63) is 65.5 Å². The van der Waals surface area contributed by atoms with Crippen LogP contribution in [-0.4, -0.2) is 62.1 Å². The molecular formula is C25H37Cl3F3N5O2. The van der Waals surface area contributed by atoms with Gasteiger partial charge >= 0.3 is 0 Å². The first kappa shape index (κ1) is 38.1. The SMILES string of the molecule is C[N+](C)(CC[NH3+])CCC[C@H]([NH3+])C(=O)N[C@H](CCc1ccccc1)C(=O)Nc1ccc(F)c(F)c1F.[Cl-].[Cl-].[Cl-]. The van der Waals surface area contributed by atoms with E-state index in [1.165, 1.54) is 0 Å². The minimum Gasteiger partial charge on any atom is -1.00 e. The molecule has 0 radical (unpaired) electrons. The minimum absolute atomic E-state index is 0. The number of nitrogens with zero attached hydrogens (tertiary/aromatic N) is 1. The van der Waals surface area contributed by atoms with Gasteiger partial charge in [-0.05, 0) is 30.5 Å². The quantitative estimate of drug-likeness (QED) is 0.135. The third kappa shape index (κ3) is 12.2. The van der Waals surface area contributed by atoms with Crippen molar-refractivity contribution in [2.75, 3.05) is 39.0 Å². The van der Waals surface area contributed by atoms with E-state index in [0.717, 1.165) is 48.2 Å². The molecule has 0 saturated heterocycles. The zero-order chi connectivity index (χ0) is 26.0. The van der Waals surface area contributed by atoms with Gasteiger partial charge in [-0.25, -0.2) is 13.2 Å². The van der Waals surface area contributed by atoms with Gasteiger partial charge in [-0.1, -0.05) is 30.3 Å². The largest absolute Gasteiger partial charge is 1.00 e. The second kappa shape index (κ2) is 18.3. The van der Waals surface area contributed by atoms with Gasteiger partial charge in [-0.3, -0.25) is 9.59 Å². The maximum absolute atomic E-state index is 14.1. The molecule has 2 atom stereocenters. The molecule has 0 aromatic heterocycles. The molecule has 2 aromatic rings. The lowest BCUT2D eigenvalue weighted by Crippen LogP contribution is -3.00. The monoisotopic (exact) mass is 601 g/mol. The first-order valence-electron chi connectivity index (χ1n) is 11.8. The summed E-state index contributed by atoms with van der Waals surface area (Å²) in [4.78, 5) is 25.7. The van der Waals surface area contributed by atoms with E-state index in [1.54, 1.807) is 0 Å². The van der Waals surface area contributed by atoms with Crippen LogP contribution in [0.1, 0.15) is 24.8 Å². The predicted molar refractivity (Wildman–Crippen MR) is 127 cm³/mol. The van der Waals surface area contributed by atoms with Crippen LogP contribution >= 0.6 is 0 Å². The van der Waals surface area contributed by atoms with Crippen LogP contribution in [0.3, 0.4) is 0 Å². The Balaban J connectivity index is 0. The minimum atomic E-state index is -1.68. The molecule has 0 aliphatic heterocycles. The summed E-state index contributed by atoms with van der Waals surface area (Å²) in [5, 5.41) is 4.98. The number of carbonyl (C=O) groups is 2. The Morgan fingerprint density at radius 1 is 0.895 bits per heavy atom. The van der Waals surface area contributed by atoms with Gasteiger partial charge < -0.3 is 63.8 Å². The zero-order valence-electron chi connectivity index (χ0n) is 21.6. The highest BCUT2D eigenvalue weighted by atomic mass is 35.5. The normalized spacial score (nSPS) is 12.2.